The average molecular weight is 527 g/mol. The van der Waals surface area contributed by atoms with Crippen molar-refractivity contribution in [2.75, 3.05) is 34.0 Å². The summed E-state index contributed by atoms with van der Waals surface area (Å²) < 4.78 is 42.7. The molecule has 2 N–H and O–H groups in total. The highest BCUT2D eigenvalue weighted by molar-refractivity contribution is 7.88. The van der Waals surface area contributed by atoms with Crippen LogP contribution in [0.1, 0.15) is 32.1 Å². The van der Waals surface area contributed by atoms with Crippen LogP contribution in [0.3, 0.4) is 0 Å². The van der Waals surface area contributed by atoms with Crippen LogP contribution in [0, 0.1) is 5.82 Å². The molecule has 0 aliphatic carbocycles. The normalized spacial score (nSPS) is 13.9. The number of aromatic nitrogens is 1. The van der Waals surface area contributed by atoms with Crippen molar-refractivity contribution >= 4 is 28.1 Å². The number of rotatable bonds is 10. The summed E-state index contributed by atoms with van der Waals surface area (Å²) in [4.78, 5) is 30.0. The van der Waals surface area contributed by atoms with Gasteiger partial charge in [-0.3, -0.25) is 9.59 Å². The van der Waals surface area contributed by atoms with Gasteiger partial charge in [-0.05, 0) is 36.4 Å². The molecule has 0 radical (unpaired) electrons. The molecule has 192 valence electrons. The van der Waals surface area contributed by atoms with Crippen molar-refractivity contribution in [1.82, 2.24) is 10.3 Å². The van der Waals surface area contributed by atoms with Crippen LogP contribution in [0.5, 0.6) is 17.2 Å². The number of amides is 1. The van der Waals surface area contributed by atoms with E-state index < -0.39 is 28.3 Å². The van der Waals surface area contributed by atoms with E-state index in [2.05, 4.69) is 10.3 Å². The summed E-state index contributed by atoms with van der Waals surface area (Å²) in [5.41, 5.74) is 1.31. The lowest BCUT2D eigenvalue weighted by Crippen LogP contribution is -2.30. The van der Waals surface area contributed by atoms with Crippen LogP contribution in [0.25, 0.3) is 5.57 Å². The summed E-state index contributed by atoms with van der Waals surface area (Å²) in [6.45, 7) is -0.452. The molecule has 1 atom stereocenters. The van der Waals surface area contributed by atoms with Crippen molar-refractivity contribution in [1.29, 1.82) is 0 Å². The number of carbonyl (C=O) groups excluding carboxylic acids is 2. The maximum absolute atomic E-state index is 14.3. The predicted octanol–water partition coefficient (Wildman–Crippen LogP) is 2.73. The summed E-state index contributed by atoms with van der Waals surface area (Å²) in [5, 5.41) is 12.8. The molecule has 2 heterocycles. The number of aliphatic hydroxyl groups excluding tert-OH is 1. The molecule has 1 unspecified atom stereocenters. The van der Waals surface area contributed by atoms with Gasteiger partial charge in [-0.1, -0.05) is 12.1 Å². The standard InChI is InChI=1S/C26H23FN2O7S/c1-34-22-9-7-19(29-24(22)17-14-37(33)25-16(17)4-3-5-18(25)27)20(31)13-28-26(32)15-6-8-21(36-11-10-30)23(12-15)35-2/h3-9,12,14,30H,10-11,13H2,1-2H3,(H,28,32). The number of hydrogen-bond acceptors (Lipinski definition) is 8. The smallest absolute Gasteiger partial charge is 0.251 e. The Hall–Kier alpha value is -4.09. The number of Topliss-reactive ketones (excluding diaryl/α,β-unsaturated/α-hetero) is 1. The van der Waals surface area contributed by atoms with Crippen LogP contribution < -0.4 is 19.5 Å². The van der Waals surface area contributed by atoms with Crippen molar-refractivity contribution in [3.63, 3.8) is 0 Å². The Labute approximate surface area is 214 Å². The molecule has 0 fully saturated rings. The maximum Gasteiger partial charge on any atom is 0.251 e. The van der Waals surface area contributed by atoms with Crippen molar-refractivity contribution < 1.29 is 37.5 Å². The molecule has 4 rings (SSSR count). The third kappa shape index (κ3) is 5.37. The van der Waals surface area contributed by atoms with Crippen LogP contribution >= 0.6 is 0 Å². The monoisotopic (exact) mass is 526 g/mol. The molecule has 0 saturated carbocycles. The first-order valence-corrected chi connectivity index (χ1v) is 12.3. The molecule has 2 aromatic carbocycles. The van der Waals surface area contributed by atoms with Crippen LogP contribution in [0.4, 0.5) is 4.39 Å². The van der Waals surface area contributed by atoms with Crippen molar-refractivity contribution in [2.45, 2.75) is 4.90 Å². The molecule has 3 aromatic rings. The lowest BCUT2D eigenvalue weighted by atomic mass is 10.0. The number of carbonyl (C=O) groups is 2. The molecule has 1 amide bonds. The minimum absolute atomic E-state index is 0.0398. The number of nitrogens with zero attached hydrogens (tertiary/aromatic N) is 1. The lowest BCUT2D eigenvalue weighted by molar-refractivity contribution is 0.0902. The zero-order valence-electron chi connectivity index (χ0n) is 19.9. The number of benzene rings is 2. The fourth-order valence-electron chi connectivity index (χ4n) is 3.73. The first-order chi connectivity index (χ1) is 17.9. The van der Waals surface area contributed by atoms with Gasteiger partial charge in [-0.2, -0.15) is 0 Å². The summed E-state index contributed by atoms with van der Waals surface area (Å²) in [5.74, 6) is -0.619. The molecule has 11 heteroatoms. The number of ether oxygens (including phenoxy) is 3. The van der Waals surface area contributed by atoms with Crippen LogP contribution in [0.2, 0.25) is 0 Å². The lowest BCUT2D eigenvalue weighted by Gasteiger charge is -2.12. The van der Waals surface area contributed by atoms with E-state index in [4.69, 9.17) is 19.3 Å². The van der Waals surface area contributed by atoms with E-state index in [-0.39, 0.29) is 41.6 Å². The zero-order valence-corrected chi connectivity index (χ0v) is 20.8. The second-order valence-electron chi connectivity index (χ2n) is 7.74. The highest BCUT2D eigenvalue weighted by atomic mass is 32.2. The number of ketones is 1. The van der Waals surface area contributed by atoms with E-state index >= 15 is 0 Å². The number of nitrogens with one attached hydrogen (secondary N) is 1. The second kappa shape index (κ2) is 11.3. The molecule has 0 saturated heterocycles. The molecule has 1 aromatic heterocycles. The van der Waals surface area contributed by atoms with Gasteiger partial charge in [0.15, 0.2) is 17.3 Å². The fourth-order valence-corrected chi connectivity index (χ4v) is 4.96. The number of hydrogen-bond donors (Lipinski definition) is 2. The molecule has 1 aliphatic rings. The minimum atomic E-state index is -1.71. The second-order valence-corrected chi connectivity index (χ2v) is 8.98. The van der Waals surface area contributed by atoms with Gasteiger partial charge in [0.2, 0.25) is 0 Å². The fraction of sp³-hybridized carbons (Fsp3) is 0.192. The Bertz CT molecular complexity index is 1420. The van der Waals surface area contributed by atoms with E-state index in [1.54, 1.807) is 6.07 Å². The van der Waals surface area contributed by atoms with E-state index in [1.807, 2.05) is 0 Å². The van der Waals surface area contributed by atoms with Gasteiger partial charge in [-0.15, -0.1) is 0 Å². The molecular formula is C26H23FN2O7S. The van der Waals surface area contributed by atoms with Crippen molar-refractivity contribution in [3.8, 4) is 17.2 Å². The minimum Gasteiger partial charge on any atom is -0.494 e. The zero-order chi connectivity index (χ0) is 26.5. The van der Waals surface area contributed by atoms with Gasteiger partial charge in [0.05, 0.1) is 43.1 Å². The van der Waals surface area contributed by atoms with Crippen LogP contribution in [-0.4, -0.2) is 60.0 Å². The number of pyridine rings is 1. The molecular weight excluding hydrogens is 503 g/mol. The molecule has 1 aliphatic heterocycles. The third-order valence-electron chi connectivity index (χ3n) is 5.49. The summed E-state index contributed by atoms with van der Waals surface area (Å²) in [6, 6.07) is 11.8. The number of halogens is 1. The highest BCUT2D eigenvalue weighted by Gasteiger charge is 2.28. The van der Waals surface area contributed by atoms with E-state index in [9.17, 15) is 18.2 Å². The number of aliphatic hydroxyl groups is 1. The molecule has 9 nitrogen and oxygen atoms in total. The quantitative estimate of drug-likeness (QED) is 0.387. The topological polar surface area (TPSA) is 124 Å². The van der Waals surface area contributed by atoms with Gasteiger partial charge in [-0.25, -0.2) is 13.6 Å². The Kier molecular flexibility index (Phi) is 7.95. The summed E-state index contributed by atoms with van der Waals surface area (Å²) >= 11 is 0. The van der Waals surface area contributed by atoms with Crippen molar-refractivity contribution in [3.05, 3.63) is 82.3 Å². The van der Waals surface area contributed by atoms with Gasteiger partial charge >= 0.3 is 0 Å². The van der Waals surface area contributed by atoms with E-state index in [1.165, 1.54) is 62.1 Å². The Morgan fingerprint density at radius 1 is 1.05 bits per heavy atom. The Balaban J connectivity index is 1.52. The predicted molar refractivity (Wildman–Crippen MR) is 133 cm³/mol. The van der Waals surface area contributed by atoms with Gasteiger partial charge in [0.1, 0.15) is 29.6 Å². The van der Waals surface area contributed by atoms with Crippen LogP contribution in [-0.2, 0) is 10.8 Å². The largest absolute Gasteiger partial charge is 0.494 e. The maximum atomic E-state index is 14.3. The SMILES string of the molecule is COc1cc(C(=O)NCC(=O)c2ccc(OC)c(C3=CS(=O)c4c(F)cccc43)n2)ccc1OCCO. The van der Waals surface area contributed by atoms with E-state index in [0.29, 0.717) is 28.4 Å². The first-order valence-electron chi connectivity index (χ1n) is 11.1. The first kappa shape index (κ1) is 26.0. The van der Waals surface area contributed by atoms with Crippen LogP contribution in [0.15, 0.2) is 58.8 Å². The molecule has 37 heavy (non-hydrogen) atoms. The number of fused-ring (bicyclic) bond motifs is 1. The highest BCUT2D eigenvalue weighted by Crippen LogP contribution is 2.39. The van der Waals surface area contributed by atoms with Crippen molar-refractivity contribution in [2.24, 2.45) is 0 Å². The Morgan fingerprint density at radius 3 is 2.54 bits per heavy atom. The van der Waals surface area contributed by atoms with E-state index in [0.717, 1.165) is 0 Å². The third-order valence-corrected chi connectivity index (χ3v) is 6.75. The van der Waals surface area contributed by atoms with Gasteiger partial charge < -0.3 is 24.6 Å². The number of methoxy groups -OCH3 is 2. The summed E-state index contributed by atoms with van der Waals surface area (Å²) in [7, 11) is 1.13. The molecule has 0 spiro atoms. The average Bonchev–Trinajstić information content (AvgIpc) is 3.26. The molecule has 0 bridgehead atoms. The van der Waals surface area contributed by atoms with Gasteiger partial charge in [0, 0.05) is 22.1 Å². The summed E-state index contributed by atoms with van der Waals surface area (Å²) in [6.07, 6.45) is 0. The Morgan fingerprint density at radius 2 is 1.81 bits per heavy atom. The van der Waals surface area contributed by atoms with Gasteiger partial charge in [0.25, 0.3) is 5.91 Å².